The Kier molecular flexibility index (Phi) is 3.67. The van der Waals surface area contributed by atoms with Crippen molar-refractivity contribution in [2.75, 3.05) is 0 Å². The van der Waals surface area contributed by atoms with E-state index in [0.717, 1.165) is 26.2 Å². The summed E-state index contributed by atoms with van der Waals surface area (Å²) in [4.78, 5) is 6.00. The van der Waals surface area contributed by atoms with Gasteiger partial charge in [0.1, 0.15) is 0 Å². The summed E-state index contributed by atoms with van der Waals surface area (Å²) >= 11 is 5.23. The van der Waals surface area contributed by atoms with E-state index in [2.05, 4.69) is 64.7 Å². The summed E-state index contributed by atoms with van der Waals surface area (Å²) in [5.74, 6) is 1.03. The maximum Gasteiger partial charge on any atom is 0.151 e. The second kappa shape index (κ2) is 5.31. The zero-order chi connectivity index (χ0) is 14.3. The fourth-order valence-electron chi connectivity index (χ4n) is 2.40. The fourth-order valence-corrected chi connectivity index (χ4v) is 3.78. The Hall–Kier alpha value is -1.17. The highest BCUT2D eigenvalue weighted by Crippen LogP contribution is 2.34. The zero-order valence-electron chi connectivity index (χ0n) is 11.4. The third-order valence-electron chi connectivity index (χ3n) is 3.30. The molecule has 0 spiro atoms. The number of nitrogens with zero attached hydrogens (tertiary/aromatic N) is 2. The topological polar surface area (TPSA) is 43.8 Å². The van der Waals surface area contributed by atoms with Crippen LogP contribution in [0.1, 0.15) is 25.5 Å². The molecule has 104 valence electrons. The van der Waals surface area contributed by atoms with E-state index in [0.29, 0.717) is 12.6 Å². The Morgan fingerprint density at radius 1 is 1.30 bits per heavy atom. The third-order valence-corrected chi connectivity index (χ3v) is 4.92. The highest BCUT2D eigenvalue weighted by Gasteiger charge is 2.16. The Labute approximate surface area is 130 Å². The van der Waals surface area contributed by atoms with Crippen LogP contribution in [0, 0.1) is 0 Å². The third kappa shape index (κ3) is 2.30. The van der Waals surface area contributed by atoms with E-state index >= 15 is 0 Å². The molecule has 0 saturated carbocycles. The molecule has 0 aliphatic rings. The molecule has 3 rings (SSSR count). The van der Waals surface area contributed by atoms with Gasteiger partial charge in [0.2, 0.25) is 0 Å². The van der Waals surface area contributed by atoms with E-state index in [1.165, 1.54) is 4.88 Å². The van der Waals surface area contributed by atoms with E-state index < -0.39 is 0 Å². The lowest BCUT2D eigenvalue weighted by molar-refractivity contribution is 0.625. The second-order valence-electron chi connectivity index (χ2n) is 5.03. The van der Waals surface area contributed by atoms with Crippen LogP contribution >= 0.6 is 27.3 Å². The summed E-state index contributed by atoms with van der Waals surface area (Å²) < 4.78 is 3.41. The van der Waals surface area contributed by atoms with Crippen molar-refractivity contribution in [3.8, 4) is 10.7 Å². The van der Waals surface area contributed by atoms with Gasteiger partial charge in [0.15, 0.2) is 5.82 Å². The highest BCUT2D eigenvalue weighted by molar-refractivity contribution is 9.11. The van der Waals surface area contributed by atoms with Gasteiger partial charge in [0, 0.05) is 12.6 Å². The average Bonchev–Trinajstić information content (AvgIpc) is 3.00. The summed E-state index contributed by atoms with van der Waals surface area (Å²) in [5, 5.41) is 0. The summed E-state index contributed by atoms with van der Waals surface area (Å²) in [6.07, 6.45) is 0. The molecule has 0 amide bonds. The minimum Gasteiger partial charge on any atom is -0.326 e. The van der Waals surface area contributed by atoms with Gasteiger partial charge in [-0.2, -0.15) is 0 Å². The van der Waals surface area contributed by atoms with Gasteiger partial charge in [-0.05, 0) is 59.6 Å². The smallest absolute Gasteiger partial charge is 0.151 e. The molecule has 2 N–H and O–H groups in total. The molecule has 3 nitrogen and oxygen atoms in total. The van der Waals surface area contributed by atoms with Gasteiger partial charge in [-0.1, -0.05) is 6.07 Å². The SMILES string of the molecule is CC(C)n1c(-c2ccc(Br)s2)nc2cc(CN)ccc21. The number of benzene rings is 1. The first kappa shape index (κ1) is 13.8. The van der Waals surface area contributed by atoms with Gasteiger partial charge in [-0.15, -0.1) is 11.3 Å². The zero-order valence-corrected chi connectivity index (χ0v) is 13.8. The molecule has 0 saturated heterocycles. The van der Waals surface area contributed by atoms with Crippen LogP contribution in [0.5, 0.6) is 0 Å². The van der Waals surface area contributed by atoms with Gasteiger partial charge in [-0.25, -0.2) is 4.98 Å². The van der Waals surface area contributed by atoms with Crippen LogP contribution in [-0.4, -0.2) is 9.55 Å². The lowest BCUT2D eigenvalue weighted by atomic mass is 10.2. The molecular weight excluding hydrogens is 334 g/mol. The van der Waals surface area contributed by atoms with E-state index in [1.54, 1.807) is 11.3 Å². The molecule has 20 heavy (non-hydrogen) atoms. The van der Waals surface area contributed by atoms with Crippen LogP contribution in [0.2, 0.25) is 0 Å². The molecular formula is C15H16BrN3S. The molecule has 1 aromatic carbocycles. The minimum absolute atomic E-state index is 0.361. The van der Waals surface area contributed by atoms with Gasteiger partial charge in [0.05, 0.1) is 19.7 Å². The Bertz CT molecular complexity index is 758. The standard InChI is InChI=1S/C15H16BrN3S/c1-9(2)19-12-4-3-10(8-17)7-11(12)18-15(19)13-5-6-14(16)20-13/h3-7,9H,8,17H2,1-2H3. The molecule has 0 aliphatic heterocycles. The van der Waals surface area contributed by atoms with E-state index in [1.807, 2.05) is 0 Å². The number of aromatic nitrogens is 2. The molecule has 2 aromatic heterocycles. The van der Waals surface area contributed by atoms with Crippen molar-refractivity contribution in [3.63, 3.8) is 0 Å². The van der Waals surface area contributed by atoms with Crippen LogP contribution in [0.15, 0.2) is 34.1 Å². The number of imidazole rings is 1. The van der Waals surface area contributed by atoms with Gasteiger partial charge < -0.3 is 10.3 Å². The quantitative estimate of drug-likeness (QED) is 0.752. The van der Waals surface area contributed by atoms with Gasteiger partial charge >= 0.3 is 0 Å². The first-order valence-electron chi connectivity index (χ1n) is 6.57. The second-order valence-corrected chi connectivity index (χ2v) is 7.49. The Balaban J connectivity index is 2.27. The molecule has 0 radical (unpaired) electrons. The number of thiophene rings is 1. The number of hydrogen-bond acceptors (Lipinski definition) is 3. The number of rotatable bonds is 3. The number of hydrogen-bond donors (Lipinski definition) is 1. The number of fused-ring (bicyclic) bond motifs is 1. The van der Waals surface area contributed by atoms with Crippen LogP contribution in [0.3, 0.4) is 0 Å². The first-order chi connectivity index (χ1) is 9.60. The summed E-state index contributed by atoms with van der Waals surface area (Å²) in [7, 11) is 0. The average molecular weight is 350 g/mol. The summed E-state index contributed by atoms with van der Waals surface area (Å²) in [5.41, 5.74) is 9.02. The van der Waals surface area contributed by atoms with Crippen LogP contribution in [0.4, 0.5) is 0 Å². The Morgan fingerprint density at radius 2 is 2.10 bits per heavy atom. The van der Waals surface area contributed by atoms with E-state index in [9.17, 15) is 0 Å². The monoisotopic (exact) mass is 349 g/mol. The van der Waals surface area contributed by atoms with Crippen LogP contribution in [-0.2, 0) is 6.54 Å². The molecule has 0 unspecified atom stereocenters. The molecule has 0 fully saturated rings. The predicted octanol–water partition coefficient (Wildman–Crippen LogP) is 4.57. The number of halogens is 1. The lowest BCUT2D eigenvalue weighted by Crippen LogP contribution is -2.02. The van der Waals surface area contributed by atoms with E-state index in [-0.39, 0.29) is 0 Å². The van der Waals surface area contributed by atoms with Crippen molar-refractivity contribution in [1.29, 1.82) is 0 Å². The maximum absolute atomic E-state index is 5.72. The van der Waals surface area contributed by atoms with Crippen molar-refractivity contribution in [2.45, 2.75) is 26.4 Å². The summed E-state index contributed by atoms with van der Waals surface area (Å²) in [6, 6.07) is 10.8. The van der Waals surface area contributed by atoms with Crippen molar-refractivity contribution in [1.82, 2.24) is 9.55 Å². The van der Waals surface area contributed by atoms with Crippen molar-refractivity contribution >= 4 is 38.3 Å². The lowest BCUT2D eigenvalue weighted by Gasteiger charge is -2.12. The molecule has 0 atom stereocenters. The van der Waals surface area contributed by atoms with Crippen LogP contribution in [0.25, 0.3) is 21.7 Å². The van der Waals surface area contributed by atoms with Gasteiger partial charge in [0.25, 0.3) is 0 Å². The van der Waals surface area contributed by atoms with Gasteiger partial charge in [-0.3, -0.25) is 0 Å². The van der Waals surface area contributed by atoms with Crippen LogP contribution < -0.4 is 5.73 Å². The molecule has 0 aliphatic carbocycles. The summed E-state index contributed by atoms with van der Waals surface area (Å²) in [6.45, 7) is 4.92. The van der Waals surface area contributed by atoms with Crippen molar-refractivity contribution < 1.29 is 0 Å². The normalized spacial score (nSPS) is 11.7. The van der Waals surface area contributed by atoms with Crippen molar-refractivity contribution in [3.05, 3.63) is 39.7 Å². The molecule has 5 heteroatoms. The first-order valence-corrected chi connectivity index (χ1v) is 8.17. The minimum atomic E-state index is 0.361. The Morgan fingerprint density at radius 3 is 2.70 bits per heavy atom. The molecule has 0 bridgehead atoms. The fraction of sp³-hybridized carbons (Fsp3) is 0.267. The van der Waals surface area contributed by atoms with E-state index in [4.69, 9.17) is 10.7 Å². The molecule has 2 heterocycles. The van der Waals surface area contributed by atoms with Crippen molar-refractivity contribution in [2.24, 2.45) is 5.73 Å². The maximum atomic E-state index is 5.72. The predicted molar refractivity (Wildman–Crippen MR) is 89.0 cm³/mol. The number of nitrogens with two attached hydrogens (primary N) is 1. The highest BCUT2D eigenvalue weighted by atomic mass is 79.9. The largest absolute Gasteiger partial charge is 0.326 e. The molecule has 3 aromatic rings.